The van der Waals surface area contributed by atoms with Crippen molar-refractivity contribution in [3.63, 3.8) is 0 Å². The first-order valence-electron chi connectivity index (χ1n) is 6.13. The Hall–Kier alpha value is -1.60. The number of sulfone groups is 1. The molecule has 112 valence electrons. The van der Waals surface area contributed by atoms with Crippen LogP contribution in [0.1, 0.15) is 24.2 Å². The molecule has 7 heteroatoms. The van der Waals surface area contributed by atoms with Crippen molar-refractivity contribution in [2.45, 2.75) is 24.8 Å². The maximum atomic E-state index is 11.9. The molecular formula is C13H19NO5S. The third kappa shape index (κ3) is 4.82. The van der Waals surface area contributed by atoms with E-state index in [1.165, 1.54) is 18.2 Å². The Morgan fingerprint density at radius 2 is 2.00 bits per heavy atom. The Bertz CT molecular complexity index is 582. The Kier molecular flexibility index (Phi) is 5.52. The van der Waals surface area contributed by atoms with E-state index < -0.39 is 21.9 Å². The van der Waals surface area contributed by atoms with Gasteiger partial charge in [0.05, 0.1) is 17.1 Å². The summed E-state index contributed by atoms with van der Waals surface area (Å²) < 4.78 is 33.3. The SMILES string of the molecule is CCOCC(C)OC(=O)c1cc(N)cc(S(C)(=O)=O)c1. The first-order valence-corrected chi connectivity index (χ1v) is 8.02. The maximum absolute atomic E-state index is 11.9. The fourth-order valence-electron chi connectivity index (χ4n) is 1.52. The predicted octanol–water partition coefficient (Wildman–Crippen LogP) is 1.25. The first kappa shape index (κ1) is 16.5. The van der Waals surface area contributed by atoms with E-state index in [1.54, 1.807) is 6.92 Å². The number of hydrogen-bond acceptors (Lipinski definition) is 6. The van der Waals surface area contributed by atoms with Gasteiger partial charge in [-0.1, -0.05) is 0 Å². The van der Waals surface area contributed by atoms with Gasteiger partial charge in [0.2, 0.25) is 0 Å². The zero-order chi connectivity index (χ0) is 15.3. The highest BCUT2D eigenvalue weighted by atomic mass is 32.2. The van der Waals surface area contributed by atoms with E-state index in [2.05, 4.69) is 0 Å². The third-order valence-electron chi connectivity index (χ3n) is 2.46. The number of ether oxygens (including phenoxy) is 2. The van der Waals surface area contributed by atoms with Gasteiger partial charge < -0.3 is 15.2 Å². The van der Waals surface area contributed by atoms with Gasteiger partial charge in [0.1, 0.15) is 6.10 Å². The van der Waals surface area contributed by atoms with Crippen LogP contribution in [-0.2, 0) is 19.3 Å². The Balaban J connectivity index is 2.91. The number of esters is 1. The molecule has 6 nitrogen and oxygen atoms in total. The Morgan fingerprint density at radius 3 is 2.55 bits per heavy atom. The minimum absolute atomic E-state index is 0.0121. The topological polar surface area (TPSA) is 95.7 Å². The summed E-state index contributed by atoms with van der Waals surface area (Å²) in [6, 6.07) is 3.93. The van der Waals surface area contributed by atoms with Crippen LogP contribution in [0.25, 0.3) is 0 Å². The molecule has 0 spiro atoms. The van der Waals surface area contributed by atoms with Crippen LogP contribution in [0.3, 0.4) is 0 Å². The summed E-state index contributed by atoms with van der Waals surface area (Å²) in [5, 5.41) is 0. The highest BCUT2D eigenvalue weighted by molar-refractivity contribution is 7.90. The van der Waals surface area contributed by atoms with E-state index in [1.807, 2.05) is 6.92 Å². The van der Waals surface area contributed by atoms with Crippen LogP contribution in [0, 0.1) is 0 Å². The van der Waals surface area contributed by atoms with Crippen molar-refractivity contribution in [1.29, 1.82) is 0 Å². The van der Waals surface area contributed by atoms with Crippen molar-refractivity contribution in [3.8, 4) is 0 Å². The lowest BCUT2D eigenvalue weighted by Gasteiger charge is -2.13. The van der Waals surface area contributed by atoms with Crippen molar-refractivity contribution >= 4 is 21.5 Å². The number of rotatable bonds is 6. The average Bonchev–Trinajstić information content (AvgIpc) is 2.34. The standard InChI is InChI=1S/C13H19NO5S/c1-4-18-8-9(2)19-13(15)10-5-11(14)7-12(6-10)20(3,16)17/h5-7,9H,4,8,14H2,1-3H3. The summed E-state index contributed by atoms with van der Waals surface area (Å²) in [4.78, 5) is 11.9. The molecule has 0 amide bonds. The summed E-state index contributed by atoms with van der Waals surface area (Å²) in [5.41, 5.74) is 5.91. The largest absolute Gasteiger partial charge is 0.457 e. The lowest BCUT2D eigenvalue weighted by atomic mass is 10.2. The normalized spacial score (nSPS) is 12.9. The third-order valence-corrected chi connectivity index (χ3v) is 3.55. The van der Waals surface area contributed by atoms with Crippen LogP contribution >= 0.6 is 0 Å². The molecule has 0 bridgehead atoms. The molecule has 0 heterocycles. The van der Waals surface area contributed by atoms with Gasteiger partial charge in [0.25, 0.3) is 0 Å². The molecule has 0 aliphatic carbocycles. The van der Waals surface area contributed by atoms with Gasteiger partial charge in [-0.25, -0.2) is 13.2 Å². The maximum Gasteiger partial charge on any atom is 0.338 e. The molecule has 0 radical (unpaired) electrons. The zero-order valence-electron chi connectivity index (χ0n) is 11.8. The second-order valence-electron chi connectivity index (χ2n) is 4.44. The minimum Gasteiger partial charge on any atom is -0.457 e. The molecular weight excluding hydrogens is 282 g/mol. The van der Waals surface area contributed by atoms with Crippen LogP contribution in [-0.4, -0.2) is 40.0 Å². The highest BCUT2D eigenvalue weighted by Gasteiger charge is 2.16. The van der Waals surface area contributed by atoms with Gasteiger partial charge in [0.15, 0.2) is 9.84 Å². The first-order chi connectivity index (χ1) is 9.24. The number of anilines is 1. The summed E-state index contributed by atoms with van der Waals surface area (Å²) in [6.07, 6.45) is 0.625. The van der Waals surface area contributed by atoms with E-state index in [4.69, 9.17) is 15.2 Å². The molecule has 2 N–H and O–H groups in total. The summed E-state index contributed by atoms with van der Waals surface area (Å²) in [5.74, 6) is -0.630. The van der Waals surface area contributed by atoms with Crippen LogP contribution in [0.15, 0.2) is 23.1 Å². The van der Waals surface area contributed by atoms with Crippen molar-refractivity contribution < 1.29 is 22.7 Å². The number of nitrogen functional groups attached to an aromatic ring is 1. The molecule has 0 aromatic heterocycles. The Labute approximate surface area is 118 Å². The number of nitrogens with two attached hydrogens (primary N) is 1. The van der Waals surface area contributed by atoms with E-state index in [9.17, 15) is 13.2 Å². The van der Waals surface area contributed by atoms with Gasteiger partial charge >= 0.3 is 5.97 Å². The fourth-order valence-corrected chi connectivity index (χ4v) is 2.21. The molecule has 0 saturated carbocycles. The summed E-state index contributed by atoms with van der Waals surface area (Å²) in [7, 11) is -3.44. The number of carbonyl (C=O) groups excluding carboxylic acids is 1. The quantitative estimate of drug-likeness (QED) is 0.627. The van der Waals surface area contributed by atoms with Gasteiger partial charge in [0, 0.05) is 18.6 Å². The summed E-state index contributed by atoms with van der Waals surface area (Å²) >= 11 is 0. The Morgan fingerprint density at radius 1 is 1.35 bits per heavy atom. The lowest BCUT2D eigenvalue weighted by molar-refractivity contribution is 0.00438. The van der Waals surface area contributed by atoms with Gasteiger partial charge in [-0.15, -0.1) is 0 Å². The molecule has 0 fully saturated rings. The second-order valence-corrected chi connectivity index (χ2v) is 6.45. The number of carbonyl (C=O) groups is 1. The molecule has 20 heavy (non-hydrogen) atoms. The van der Waals surface area contributed by atoms with E-state index >= 15 is 0 Å². The van der Waals surface area contributed by atoms with E-state index in [0.29, 0.717) is 6.61 Å². The van der Waals surface area contributed by atoms with Gasteiger partial charge in [-0.3, -0.25) is 0 Å². The molecule has 1 aromatic rings. The van der Waals surface area contributed by atoms with Crippen LogP contribution < -0.4 is 5.73 Å². The molecule has 0 aliphatic heterocycles. The van der Waals surface area contributed by atoms with Gasteiger partial charge in [-0.05, 0) is 32.0 Å². The summed E-state index contributed by atoms with van der Waals surface area (Å²) in [6.45, 7) is 4.34. The van der Waals surface area contributed by atoms with Crippen molar-refractivity contribution in [2.75, 3.05) is 25.2 Å². The van der Waals surface area contributed by atoms with Gasteiger partial charge in [-0.2, -0.15) is 0 Å². The molecule has 0 saturated heterocycles. The molecule has 1 atom stereocenters. The van der Waals surface area contributed by atoms with Crippen LogP contribution in [0.5, 0.6) is 0 Å². The average molecular weight is 301 g/mol. The van der Waals surface area contributed by atoms with Crippen molar-refractivity contribution in [1.82, 2.24) is 0 Å². The fraction of sp³-hybridized carbons (Fsp3) is 0.462. The molecule has 0 aliphatic rings. The molecule has 1 aromatic carbocycles. The predicted molar refractivity (Wildman–Crippen MR) is 75.3 cm³/mol. The minimum atomic E-state index is -3.44. The molecule has 1 unspecified atom stereocenters. The number of hydrogen-bond donors (Lipinski definition) is 1. The monoisotopic (exact) mass is 301 g/mol. The van der Waals surface area contributed by atoms with Crippen molar-refractivity contribution in [3.05, 3.63) is 23.8 Å². The zero-order valence-corrected chi connectivity index (χ0v) is 12.6. The second kappa shape index (κ2) is 6.71. The van der Waals surface area contributed by atoms with E-state index in [-0.39, 0.29) is 22.8 Å². The smallest absolute Gasteiger partial charge is 0.338 e. The van der Waals surface area contributed by atoms with Crippen LogP contribution in [0.4, 0.5) is 5.69 Å². The lowest BCUT2D eigenvalue weighted by Crippen LogP contribution is -2.20. The van der Waals surface area contributed by atoms with Crippen molar-refractivity contribution in [2.24, 2.45) is 0 Å². The highest BCUT2D eigenvalue weighted by Crippen LogP contribution is 2.18. The molecule has 1 rings (SSSR count). The van der Waals surface area contributed by atoms with E-state index in [0.717, 1.165) is 6.26 Å². The van der Waals surface area contributed by atoms with Crippen LogP contribution in [0.2, 0.25) is 0 Å². The number of benzene rings is 1.